The largest absolute Gasteiger partial charge is 0.394 e. The summed E-state index contributed by atoms with van der Waals surface area (Å²) in [4.78, 5) is 8.44. The van der Waals surface area contributed by atoms with E-state index in [4.69, 9.17) is 5.11 Å². The molecule has 0 fully saturated rings. The first-order valence-corrected chi connectivity index (χ1v) is 6.33. The van der Waals surface area contributed by atoms with Gasteiger partial charge in [-0.2, -0.15) is 0 Å². The lowest BCUT2D eigenvalue weighted by Gasteiger charge is -2.21. The van der Waals surface area contributed by atoms with Crippen LogP contribution in [-0.2, 0) is 0 Å². The fourth-order valence-corrected chi connectivity index (χ4v) is 1.92. The van der Waals surface area contributed by atoms with Crippen LogP contribution in [0.5, 0.6) is 0 Å². The number of nitrogens with zero attached hydrogens (tertiary/aromatic N) is 2. The summed E-state index contributed by atoms with van der Waals surface area (Å²) < 4.78 is 0. The molecule has 2 aromatic rings. The number of aliphatic hydroxyl groups is 4. The van der Waals surface area contributed by atoms with Crippen molar-refractivity contribution in [1.82, 2.24) is 9.97 Å². The van der Waals surface area contributed by atoms with Crippen LogP contribution in [0.4, 0.5) is 0 Å². The van der Waals surface area contributed by atoms with Crippen LogP contribution in [0.2, 0.25) is 0 Å². The molecule has 1 aromatic carbocycles. The Labute approximate surface area is 116 Å². The number of fused-ring (bicyclic) bond motifs is 1. The molecule has 3 atom stereocenters. The number of aromatic nitrogens is 2. The van der Waals surface area contributed by atoms with E-state index < -0.39 is 24.9 Å². The second-order valence-corrected chi connectivity index (χ2v) is 4.91. The van der Waals surface area contributed by atoms with Gasteiger partial charge in [0.15, 0.2) is 0 Å². The molecule has 108 valence electrons. The molecule has 0 saturated carbocycles. The van der Waals surface area contributed by atoms with Gasteiger partial charge >= 0.3 is 0 Å². The molecule has 0 saturated heterocycles. The molecular weight excluding hydrogens is 260 g/mol. The van der Waals surface area contributed by atoms with Crippen LogP contribution in [0.25, 0.3) is 11.0 Å². The summed E-state index contributed by atoms with van der Waals surface area (Å²) >= 11 is 0. The summed E-state index contributed by atoms with van der Waals surface area (Å²) in [5.74, 6) is 0. The van der Waals surface area contributed by atoms with E-state index in [1.807, 2.05) is 26.0 Å². The van der Waals surface area contributed by atoms with Gasteiger partial charge in [-0.05, 0) is 37.1 Å². The molecule has 3 unspecified atom stereocenters. The lowest BCUT2D eigenvalue weighted by Crippen LogP contribution is -2.35. The van der Waals surface area contributed by atoms with Crippen LogP contribution >= 0.6 is 0 Å². The minimum atomic E-state index is -1.52. The van der Waals surface area contributed by atoms with Crippen molar-refractivity contribution in [2.75, 3.05) is 6.61 Å². The maximum Gasteiger partial charge on any atom is 0.126 e. The van der Waals surface area contributed by atoms with Crippen molar-refractivity contribution < 1.29 is 20.4 Å². The number of hydrogen-bond donors (Lipinski definition) is 4. The van der Waals surface area contributed by atoms with Gasteiger partial charge in [-0.1, -0.05) is 0 Å². The van der Waals surface area contributed by atoms with E-state index in [1.54, 1.807) is 0 Å². The van der Waals surface area contributed by atoms with E-state index in [0.29, 0.717) is 11.0 Å². The van der Waals surface area contributed by atoms with Crippen LogP contribution in [-0.4, -0.2) is 49.2 Å². The van der Waals surface area contributed by atoms with Crippen LogP contribution in [0.3, 0.4) is 0 Å². The summed E-state index contributed by atoms with van der Waals surface area (Å²) in [6.07, 6.45) is -2.99. The predicted octanol–water partition coefficient (Wildman–Crippen LogP) is -0.00586. The van der Waals surface area contributed by atoms with Gasteiger partial charge in [0.25, 0.3) is 0 Å². The minimum Gasteiger partial charge on any atom is -0.394 e. The average molecular weight is 278 g/mol. The van der Waals surface area contributed by atoms with E-state index in [1.165, 1.54) is 6.20 Å². The molecule has 1 aromatic heterocycles. The third kappa shape index (κ3) is 2.78. The van der Waals surface area contributed by atoms with Crippen LogP contribution in [0.15, 0.2) is 18.3 Å². The third-order valence-electron chi connectivity index (χ3n) is 3.38. The van der Waals surface area contributed by atoms with Crippen molar-refractivity contribution in [1.29, 1.82) is 0 Å². The molecule has 0 aliphatic heterocycles. The Morgan fingerprint density at radius 1 is 1.05 bits per heavy atom. The SMILES string of the molecule is Cc1cc2ncc(C(O)C(O)C(O)CO)nc2cc1C. The van der Waals surface area contributed by atoms with Gasteiger partial charge in [-0.25, -0.2) is 4.98 Å². The molecule has 2 rings (SSSR count). The molecule has 20 heavy (non-hydrogen) atoms. The van der Waals surface area contributed by atoms with Crippen LogP contribution < -0.4 is 0 Å². The number of benzene rings is 1. The Kier molecular flexibility index (Phi) is 4.29. The Morgan fingerprint density at radius 3 is 2.25 bits per heavy atom. The highest BCUT2D eigenvalue weighted by molar-refractivity contribution is 5.76. The average Bonchev–Trinajstić information content (AvgIpc) is 2.45. The van der Waals surface area contributed by atoms with E-state index in [-0.39, 0.29) is 5.69 Å². The van der Waals surface area contributed by atoms with E-state index in [2.05, 4.69) is 9.97 Å². The van der Waals surface area contributed by atoms with Crippen molar-refractivity contribution in [3.05, 3.63) is 35.2 Å². The van der Waals surface area contributed by atoms with Crippen molar-refractivity contribution in [2.45, 2.75) is 32.2 Å². The molecule has 0 aliphatic rings. The van der Waals surface area contributed by atoms with E-state index >= 15 is 0 Å². The highest BCUT2D eigenvalue weighted by atomic mass is 16.4. The summed E-state index contributed by atoms with van der Waals surface area (Å²) in [5.41, 5.74) is 3.60. The lowest BCUT2D eigenvalue weighted by molar-refractivity contribution is -0.0789. The third-order valence-corrected chi connectivity index (χ3v) is 3.38. The van der Waals surface area contributed by atoms with Crippen molar-refractivity contribution in [2.24, 2.45) is 0 Å². The van der Waals surface area contributed by atoms with Gasteiger partial charge in [-0.3, -0.25) is 4.98 Å². The van der Waals surface area contributed by atoms with Crippen molar-refractivity contribution in [3.8, 4) is 0 Å². The van der Waals surface area contributed by atoms with Crippen molar-refractivity contribution >= 4 is 11.0 Å². The maximum atomic E-state index is 9.95. The predicted molar refractivity (Wildman–Crippen MR) is 73.1 cm³/mol. The Bertz CT molecular complexity index is 617. The van der Waals surface area contributed by atoms with E-state index in [9.17, 15) is 15.3 Å². The van der Waals surface area contributed by atoms with Crippen LogP contribution in [0, 0.1) is 13.8 Å². The topological polar surface area (TPSA) is 107 Å². The van der Waals surface area contributed by atoms with Crippen molar-refractivity contribution in [3.63, 3.8) is 0 Å². The normalized spacial score (nSPS) is 16.1. The number of rotatable bonds is 4. The second kappa shape index (κ2) is 5.80. The molecule has 0 amide bonds. The van der Waals surface area contributed by atoms with Gasteiger partial charge in [0, 0.05) is 0 Å². The van der Waals surface area contributed by atoms with Gasteiger partial charge in [-0.15, -0.1) is 0 Å². The first kappa shape index (κ1) is 14.8. The monoisotopic (exact) mass is 278 g/mol. The molecule has 0 radical (unpaired) electrons. The molecule has 4 N–H and O–H groups in total. The molecule has 0 bridgehead atoms. The van der Waals surface area contributed by atoms with Gasteiger partial charge in [0.2, 0.25) is 0 Å². The first-order valence-electron chi connectivity index (χ1n) is 6.33. The number of aliphatic hydroxyl groups excluding tert-OH is 4. The highest BCUT2D eigenvalue weighted by Crippen LogP contribution is 2.21. The van der Waals surface area contributed by atoms with Crippen LogP contribution in [0.1, 0.15) is 22.9 Å². The van der Waals surface area contributed by atoms with Gasteiger partial charge in [0.05, 0.1) is 29.5 Å². The highest BCUT2D eigenvalue weighted by Gasteiger charge is 2.26. The zero-order chi connectivity index (χ0) is 14.9. The summed E-state index contributed by atoms with van der Waals surface area (Å²) in [6, 6.07) is 3.75. The summed E-state index contributed by atoms with van der Waals surface area (Å²) in [5, 5.41) is 37.8. The first-order chi connectivity index (χ1) is 9.43. The smallest absolute Gasteiger partial charge is 0.126 e. The Morgan fingerprint density at radius 2 is 1.65 bits per heavy atom. The standard InChI is InChI=1S/C14H18N2O4/c1-7-3-9-10(4-8(7)2)16-11(5-15-9)13(19)14(20)12(18)6-17/h3-5,12-14,17-20H,6H2,1-2H3. The van der Waals surface area contributed by atoms with Gasteiger partial charge in [0.1, 0.15) is 18.3 Å². The maximum absolute atomic E-state index is 9.95. The van der Waals surface area contributed by atoms with E-state index in [0.717, 1.165) is 11.1 Å². The fraction of sp³-hybridized carbons (Fsp3) is 0.429. The molecular formula is C14H18N2O4. The number of hydrogen-bond acceptors (Lipinski definition) is 6. The Hall–Kier alpha value is -1.60. The molecule has 1 heterocycles. The minimum absolute atomic E-state index is 0.153. The molecule has 0 spiro atoms. The molecule has 6 nitrogen and oxygen atoms in total. The number of aryl methyl sites for hydroxylation is 2. The summed E-state index contributed by atoms with van der Waals surface area (Å²) in [6.45, 7) is 3.28. The summed E-state index contributed by atoms with van der Waals surface area (Å²) in [7, 11) is 0. The lowest BCUT2D eigenvalue weighted by atomic mass is 10.1. The second-order valence-electron chi connectivity index (χ2n) is 4.91. The Balaban J connectivity index is 2.38. The molecule has 0 aliphatic carbocycles. The molecule has 6 heteroatoms. The zero-order valence-electron chi connectivity index (χ0n) is 11.4. The fourth-order valence-electron chi connectivity index (χ4n) is 1.92. The van der Waals surface area contributed by atoms with Gasteiger partial charge < -0.3 is 20.4 Å². The zero-order valence-corrected chi connectivity index (χ0v) is 11.4. The quantitative estimate of drug-likeness (QED) is 0.627.